The largest absolute Gasteiger partial charge is 0.344 e. The third-order valence-corrected chi connectivity index (χ3v) is 0.167. The highest BCUT2D eigenvalue weighted by molar-refractivity contribution is 3.91. The molecule has 3 nitrogen and oxygen atoms in total. The van der Waals surface area contributed by atoms with E-state index in [1.807, 2.05) is 6.92 Å². The van der Waals surface area contributed by atoms with Crippen LogP contribution in [0, 0.1) is 0 Å². The second kappa shape index (κ2) is 9.11. The van der Waals surface area contributed by atoms with Gasteiger partial charge in [0.2, 0.25) is 0 Å². The Balaban J connectivity index is 0. The van der Waals surface area contributed by atoms with Crippen molar-refractivity contribution in [3.05, 3.63) is 0 Å². The molecule has 0 radical (unpaired) electrons. The Bertz CT molecular complexity index is 9.61. The smallest absolute Gasteiger partial charge is 0.0651 e. The molecule has 0 aliphatic carbocycles. The van der Waals surface area contributed by atoms with Gasteiger partial charge < -0.3 is 11.0 Å². The summed E-state index contributed by atoms with van der Waals surface area (Å²) in [6.07, 6.45) is 0. The summed E-state index contributed by atoms with van der Waals surface area (Å²) in [4.78, 5) is 4.04. The van der Waals surface area contributed by atoms with Crippen LogP contribution in [0.15, 0.2) is 0 Å². The van der Waals surface area contributed by atoms with E-state index in [1.165, 1.54) is 0 Å². The summed E-state index contributed by atoms with van der Waals surface area (Å²) in [5.74, 6) is 4.53. The van der Waals surface area contributed by atoms with Crippen molar-refractivity contribution in [3.8, 4) is 0 Å². The highest BCUT2D eigenvalue weighted by Gasteiger charge is 1.52. The highest BCUT2D eigenvalue weighted by Crippen LogP contribution is 1.46. The molecular weight excluding hydrogens is 68.0 g/mol. The van der Waals surface area contributed by atoms with Crippen molar-refractivity contribution in [3.63, 3.8) is 0 Å². The van der Waals surface area contributed by atoms with E-state index < -0.39 is 0 Å². The summed E-state index contributed by atoms with van der Waals surface area (Å²) in [6.45, 7) is 2.43. The van der Waals surface area contributed by atoms with Crippen LogP contribution in [0.25, 0.3) is 0 Å². The Morgan fingerprint density at radius 2 is 2.00 bits per heavy atom. The molecule has 0 saturated heterocycles. The average Bonchev–Trinajstić information content (AvgIpc) is 1.37. The van der Waals surface area contributed by atoms with Gasteiger partial charge in [0.15, 0.2) is 0 Å². The van der Waals surface area contributed by atoms with Crippen LogP contribution in [-0.4, -0.2) is 6.61 Å². The molecule has 5 heavy (non-hydrogen) atoms. The summed E-state index contributed by atoms with van der Waals surface area (Å²) in [6, 6.07) is 0. The molecule has 0 rings (SSSR count). The van der Waals surface area contributed by atoms with Crippen LogP contribution in [0.3, 0.4) is 0 Å². The second-order valence-electron chi connectivity index (χ2n) is 0.455. The minimum atomic E-state index is 0. The van der Waals surface area contributed by atoms with E-state index in [4.69, 9.17) is 0 Å². The summed E-state index contributed by atoms with van der Waals surface area (Å²) in [7, 11) is 0. The molecule has 0 aromatic carbocycles. The number of hydrogen-bond donors (Lipinski definition) is 2. The molecule has 3 heteroatoms. The van der Waals surface area contributed by atoms with Gasteiger partial charge in [-0.3, -0.25) is 0 Å². The predicted molar refractivity (Wildman–Crippen MR) is 20.8 cm³/mol. The van der Waals surface area contributed by atoms with Gasteiger partial charge in [0.25, 0.3) is 0 Å². The van der Waals surface area contributed by atoms with Crippen LogP contribution >= 0.6 is 0 Å². The van der Waals surface area contributed by atoms with Crippen LogP contribution in [0.4, 0.5) is 0 Å². The van der Waals surface area contributed by atoms with Crippen molar-refractivity contribution in [1.82, 2.24) is 6.15 Å². The minimum Gasteiger partial charge on any atom is -0.344 e. The maximum Gasteiger partial charge on any atom is 0.0651 e. The zero-order valence-corrected chi connectivity index (χ0v) is 3.40. The minimum absolute atomic E-state index is 0. The van der Waals surface area contributed by atoms with Gasteiger partial charge in [-0.05, 0) is 6.92 Å². The third kappa shape index (κ3) is 17.7. The van der Waals surface area contributed by atoms with Crippen molar-refractivity contribution in [2.45, 2.75) is 6.92 Å². The normalized spacial score (nSPS) is 6.00. The van der Waals surface area contributed by atoms with E-state index in [1.54, 1.807) is 0 Å². The standard InChI is InChI=1S/C2H7NO.H3N/c1-2-4-3;/h2-3H2,1H3;1H3. The lowest BCUT2D eigenvalue weighted by molar-refractivity contribution is 0.152. The van der Waals surface area contributed by atoms with Gasteiger partial charge in [0.05, 0.1) is 6.61 Å². The SMILES string of the molecule is CCON.N. The third-order valence-electron chi connectivity index (χ3n) is 0.167. The van der Waals surface area contributed by atoms with Gasteiger partial charge in [0.1, 0.15) is 0 Å². The van der Waals surface area contributed by atoms with Gasteiger partial charge in [-0.2, -0.15) is 0 Å². The Labute approximate surface area is 31.6 Å². The highest BCUT2D eigenvalue weighted by atomic mass is 16.6. The average molecular weight is 78.1 g/mol. The van der Waals surface area contributed by atoms with Crippen molar-refractivity contribution >= 4 is 0 Å². The molecular formula is C2H10N2O. The molecule has 0 fully saturated rings. The van der Waals surface area contributed by atoms with Crippen LogP contribution in [-0.2, 0) is 4.84 Å². The van der Waals surface area contributed by atoms with Crippen molar-refractivity contribution in [2.24, 2.45) is 5.90 Å². The lowest BCUT2D eigenvalue weighted by Gasteiger charge is -1.76. The summed E-state index contributed by atoms with van der Waals surface area (Å²) >= 11 is 0. The monoisotopic (exact) mass is 78.1 g/mol. The molecule has 0 aliphatic rings. The van der Waals surface area contributed by atoms with Crippen LogP contribution in [0.1, 0.15) is 6.92 Å². The molecule has 0 unspecified atom stereocenters. The van der Waals surface area contributed by atoms with E-state index in [0.29, 0.717) is 6.61 Å². The molecule has 0 aromatic rings. The maximum atomic E-state index is 4.53. The summed E-state index contributed by atoms with van der Waals surface area (Å²) in [5.41, 5.74) is 0. The first kappa shape index (κ1) is 8.86. The lowest BCUT2D eigenvalue weighted by atomic mass is 10.9. The quantitative estimate of drug-likeness (QED) is 0.435. The number of nitrogens with two attached hydrogens (primary N) is 1. The molecule has 0 aromatic heterocycles. The maximum absolute atomic E-state index is 4.53. The summed E-state index contributed by atoms with van der Waals surface area (Å²) < 4.78 is 0. The molecule has 0 saturated carbocycles. The van der Waals surface area contributed by atoms with Gasteiger partial charge in [0, 0.05) is 0 Å². The second-order valence-corrected chi connectivity index (χ2v) is 0.455. The van der Waals surface area contributed by atoms with Crippen molar-refractivity contribution in [2.75, 3.05) is 6.61 Å². The van der Waals surface area contributed by atoms with E-state index in [0.717, 1.165) is 0 Å². The lowest BCUT2D eigenvalue weighted by Crippen LogP contribution is -1.94. The topological polar surface area (TPSA) is 70.2 Å². The molecule has 5 N–H and O–H groups in total. The fourth-order valence-electron chi connectivity index (χ4n) is 0. The zero-order valence-electron chi connectivity index (χ0n) is 3.40. The van der Waals surface area contributed by atoms with Gasteiger partial charge in [-0.15, -0.1) is 0 Å². The van der Waals surface area contributed by atoms with Crippen molar-refractivity contribution < 1.29 is 4.84 Å². The fraction of sp³-hybridized carbons (Fsp3) is 1.00. The predicted octanol–water partition coefficient (Wildman–Crippen LogP) is 0.0586. The Morgan fingerprint density at radius 1 is 1.80 bits per heavy atom. The van der Waals surface area contributed by atoms with E-state index in [-0.39, 0.29) is 6.15 Å². The first-order valence-corrected chi connectivity index (χ1v) is 1.23. The fourth-order valence-corrected chi connectivity index (χ4v) is 0. The van der Waals surface area contributed by atoms with Crippen LogP contribution in [0.2, 0.25) is 0 Å². The zero-order chi connectivity index (χ0) is 3.41. The molecule has 0 atom stereocenters. The Kier molecular flexibility index (Phi) is 16.1. The Morgan fingerprint density at radius 3 is 2.00 bits per heavy atom. The molecule has 34 valence electrons. The molecule has 0 aliphatic heterocycles. The molecule has 0 amide bonds. The van der Waals surface area contributed by atoms with E-state index in [2.05, 4.69) is 10.7 Å². The number of hydrogen-bond acceptors (Lipinski definition) is 3. The molecule has 0 heterocycles. The van der Waals surface area contributed by atoms with Gasteiger partial charge in [-0.1, -0.05) is 0 Å². The van der Waals surface area contributed by atoms with Crippen LogP contribution in [0.5, 0.6) is 0 Å². The first-order valence-electron chi connectivity index (χ1n) is 1.23. The molecule has 0 spiro atoms. The van der Waals surface area contributed by atoms with Crippen molar-refractivity contribution in [1.29, 1.82) is 0 Å². The van der Waals surface area contributed by atoms with E-state index in [9.17, 15) is 0 Å². The van der Waals surface area contributed by atoms with E-state index >= 15 is 0 Å². The van der Waals surface area contributed by atoms with Gasteiger partial charge in [-0.25, -0.2) is 5.90 Å². The molecule has 0 bridgehead atoms. The summed E-state index contributed by atoms with van der Waals surface area (Å²) in [5, 5.41) is 0. The Hall–Kier alpha value is -0.120. The van der Waals surface area contributed by atoms with Gasteiger partial charge >= 0.3 is 0 Å². The van der Waals surface area contributed by atoms with Crippen LogP contribution < -0.4 is 12.0 Å². The first-order chi connectivity index (χ1) is 1.91. The number of rotatable bonds is 1.